The van der Waals surface area contributed by atoms with E-state index in [2.05, 4.69) is 27.7 Å². The molecule has 3 fully saturated rings. The Hall–Kier alpha value is 0.735. The van der Waals surface area contributed by atoms with Crippen molar-refractivity contribution in [3.8, 4) is 11.5 Å². The van der Waals surface area contributed by atoms with Gasteiger partial charge in [-0.2, -0.15) is 0 Å². The Morgan fingerprint density at radius 1 is 0.468 bits per heavy atom. The van der Waals surface area contributed by atoms with Gasteiger partial charge in [0.25, 0.3) is 0 Å². The zero-order chi connectivity index (χ0) is 33.6. The van der Waals surface area contributed by atoms with Crippen molar-refractivity contribution in [1.29, 1.82) is 0 Å². The molecule has 0 N–H and O–H groups in total. The van der Waals surface area contributed by atoms with E-state index in [1.54, 1.807) is 14.2 Å². The van der Waals surface area contributed by atoms with Crippen LogP contribution in [0.5, 0.6) is 11.5 Å². The Morgan fingerprint density at radius 2 is 0.681 bits per heavy atom. The number of hydrogen-bond acceptors (Lipinski definition) is 8. The fraction of sp³-hybridized carbons (Fsp3) is 0.618. The number of rotatable bonds is 3. The van der Waals surface area contributed by atoms with Crippen LogP contribution in [0.3, 0.4) is 0 Å². The third-order valence-corrected chi connectivity index (χ3v) is 9.09. The van der Waals surface area contributed by atoms with Crippen molar-refractivity contribution in [1.82, 2.24) is 0 Å². The van der Waals surface area contributed by atoms with Gasteiger partial charge in [-0.3, -0.25) is 0 Å². The van der Waals surface area contributed by atoms with Gasteiger partial charge in [0.2, 0.25) is 0 Å². The smallest absolute Gasteiger partial charge is 1.00 e. The molecule has 257 valence electrons. The zero-order valence-electron chi connectivity index (χ0n) is 33.3. The largest absolute Gasteiger partial charge is 1.00 e. The summed E-state index contributed by atoms with van der Waals surface area (Å²) in [6.07, 6.45) is 0. The van der Waals surface area contributed by atoms with E-state index >= 15 is 0 Å². The maximum absolute atomic E-state index is 5.96. The molecular weight excluding hydrogens is 697 g/mol. The summed E-state index contributed by atoms with van der Waals surface area (Å²) in [5.74, 6) is 1.82. The number of benzene rings is 2. The van der Waals surface area contributed by atoms with Crippen molar-refractivity contribution in [3.63, 3.8) is 0 Å². The minimum atomic E-state index is -0.476. The van der Waals surface area contributed by atoms with Crippen LogP contribution in [-0.4, -0.2) is 69.0 Å². The van der Waals surface area contributed by atoms with Gasteiger partial charge in [0, 0.05) is 32.7 Å². The fourth-order valence-electron chi connectivity index (χ4n) is 4.25. The molecule has 0 bridgehead atoms. The van der Waals surface area contributed by atoms with E-state index in [9.17, 15) is 0 Å². The first-order valence-corrected chi connectivity index (χ1v) is 15.3. The van der Waals surface area contributed by atoms with Crippen LogP contribution in [0.4, 0.5) is 0 Å². The number of methoxy groups -OCH3 is 2. The molecule has 0 spiro atoms. The molecule has 8 nitrogen and oxygen atoms in total. The molecule has 0 saturated carbocycles. The molecule has 3 heterocycles. The summed E-state index contributed by atoms with van der Waals surface area (Å²) >= 11 is 0. The van der Waals surface area contributed by atoms with Crippen molar-refractivity contribution in [2.24, 2.45) is 0 Å². The number of hydrogen-bond donors (Lipinski definition) is 0. The van der Waals surface area contributed by atoms with Gasteiger partial charge in [-0.15, -0.1) is 0 Å². The minimum Gasteiger partial charge on any atom is -1.00 e. The third-order valence-electron chi connectivity index (χ3n) is 9.09. The van der Waals surface area contributed by atoms with Crippen molar-refractivity contribution < 1.29 is 123 Å². The second-order valence-corrected chi connectivity index (χ2v) is 14.1. The number of para-hydroxylation sites is 2. The van der Waals surface area contributed by atoms with E-state index in [-0.39, 0.29) is 134 Å². The van der Waals surface area contributed by atoms with E-state index in [4.69, 9.17) is 37.4 Å². The summed E-state index contributed by atoms with van der Waals surface area (Å²) in [5, 5.41) is 0. The second kappa shape index (κ2) is 20.1. The van der Waals surface area contributed by atoms with Crippen molar-refractivity contribution in [2.75, 3.05) is 14.2 Å². The molecule has 2 aromatic carbocycles. The summed E-state index contributed by atoms with van der Waals surface area (Å²) in [6, 6.07) is 19.4. The summed E-state index contributed by atoms with van der Waals surface area (Å²) in [4.78, 5) is 0. The molecule has 47 heavy (non-hydrogen) atoms. The van der Waals surface area contributed by atoms with Gasteiger partial charge in [0.15, 0.2) is 0 Å². The van der Waals surface area contributed by atoms with Gasteiger partial charge in [0.05, 0.1) is 47.8 Å². The van der Waals surface area contributed by atoms with Gasteiger partial charge >= 0.3 is 72.5 Å². The SMILES string of the molecule is CB1OC(C)(C)C(C)(C)O1.CC1(C)OB(B2OC(C)(C)C(C)(C)O2)OC1(C)C.COc1ccccc1.COc1ccccc1.[CH3-].[H-].[K+].[Y]. The topological polar surface area (TPSA) is 73.8 Å². The van der Waals surface area contributed by atoms with Gasteiger partial charge in [-0.25, -0.2) is 0 Å². The Labute approximate surface area is 357 Å². The zero-order valence-corrected chi connectivity index (χ0v) is 38.3. The molecule has 1 radical (unpaired) electrons. The van der Waals surface area contributed by atoms with E-state index in [0.29, 0.717) is 0 Å². The van der Waals surface area contributed by atoms with Crippen LogP contribution in [0.25, 0.3) is 0 Å². The third kappa shape index (κ3) is 14.0. The molecule has 0 amide bonds. The second-order valence-electron chi connectivity index (χ2n) is 14.1. The predicted molar refractivity (Wildman–Crippen MR) is 188 cm³/mol. The van der Waals surface area contributed by atoms with E-state index in [0.717, 1.165) is 11.5 Å². The van der Waals surface area contributed by atoms with E-state index in [1.165, 1.54) is 0 Å². The maximum Gasteiger partial charge on any atom is 1.00 e. The van der Waals surface area contributed by atoms with Gasteiger partial charge < -0.3 is 46.3 Å². The average Bonchev–Trinajstić information content (AvgIpc) is 3.38. The van der Waals surface area contributed by atoms with Gasteiger partial charge in [0.1, 0.15) is 11.5 Å². The maximum atomic E-state index is 5.96. The van der Waals surface area contributed by atoms with Gasteiger partial charge in [-0.05, 0) is 114 Å². The molecular formula is C34H59B3KO8Y-. The summed E-state index contributed by atoms with van der Waals surface area (Å²) in [7, 11) is 2.31. The van der Waals surface area contributed by atoms with Crippen molar-refractivity contribution in [2.45, 2.75) is 124 Å². The average molecular weight is 756 g/mol. The fourth-order valence-corrected chi connectivity index (χ4v) is 4.25. The number of ether oxygens (including phenoxy) is 2. The first-order chi connectivity index (χ1) is 20.1. The Kier molecular flexibility index (Phi) is 21.3. The van der Waals surface area contributed by atoms with Crippen LogP contribution in [0.2, 0.25) is 6.82 Å². The van der Waals surface area contributed by atoms with Crippen LogP contribution in [0.15, 0.2) is 60.7 Å². The van der Waals surface area contributed by atoms with E-state index < -0.39 is 14.0 Å². The molecule has 3 aliphatic rings. The summed E-state index contributed by atoms with van der Waals surface area (Å²) < 4.78 is 44.8. The molecule has 0 unspecified atom stereocenters. The molecule has 3 aliphatic heterocycles. The van der Waals surface area contributed by atoms with Crippen LogP contribution in [0, 0.1) is 7.43 Å². The van der Waals surface area contributed by atoms with Crippen molar-refractivity contribution in [3.05, 3.63) is 68.1 Å². The summed E-state index contributed by atoms with van der Waals surface area (Å²) in [6.45, 7) is 26.3. The molecule has 5 rings (SSSR count). The molecule has 0 aliphatic carbocycles. The molecule has 13 heteroatoms. The molecule has 2 aromatic rings. The van der Waals surface area contributed by atoms with Crippen LogP contribution >= 0.6 is 0 Å². The Balaban J connectivity index is -0.000000583. The van der Waals surface area contributed by atoms with Crippen LogP contribution < -0.4 is 60.9 Å². The Bertz CT molecular complexity index is 1040. The monoisotopic (exact) mass is 756 g/mol. The normalized spacial score (nSPS) is 21.4. The van der Waals surface area contributed by atoms with Crippen LogP contribution in [-0.2, 0) is 60.6 Å². The molecule has 3 saturated heterocycles. The standard InChI is InChI=1S/C12H24B2O4.C7H15BO2.2C7H8O.CH3.K.Y.H/c1-9(2)10(3,4)16-13(15-9)14-17-11(5,6)12(7,8)18-14;1-6(2)7(3,4)10-8(5)9-6;2*1-8-7-5-3-2-4-6-7;;;;/h1-8H3;1-5H3;2*2-6H,1H3;1H3;;;/q;;;;-1;+1;;-1. The van der Waals surface area contributed by atoms with Gasteiger partial charge in [-0.1, -0.05) is 36.4 Å². The first-order valence-electron chi connectivity index (χ1n) is 15.3. The molecule has 0 aromatic heterocycles. The van der Waals surface area contributed by atoms with E-state index in [1.807, 2.05) is 123 Å². The summed E-state index contributed by atoms with van der Waals surface area (Å²) in [5.41, 5.74) is -1.76. The quantitative estimate of drug-likeness (QED) is 0.324. The van der Waals surface area contributed by atoms with Crippen molar-refractivity contribution >= 4 is 21.1 Å². The first kappa shape index (κ1) is 49.8. The molecule has 0 atom stereocenters. The predicted octanol–water partition coefficient (Wildman–Crippen LogP) is 4.91. The Morgan fingerprint density at radius 3 is 0.830 bits per heavy atom. The minimum absolute atomic E-state index is 0. The van der Waals surface area contributed by atoms with Crippen LogP contribution in [0.1, 0.15) is 84.5 Å².